The zero-order valence-corrected chi connectivity index (χ0v) is 22.1. The molecule has 198 valence electrons. The second-order valence-corrected chi connectivity index (χ2v) is 10.4. The molecule has 1 aliphatic rings. The molecule has 0 amide bonds. The number of sulfonamides is 1. The van der Waals surface area contributed by atoms with Crippen molar-refractivity contribution in [3.05, 3.63) is 64.7 Å². The van der Waals surface area contributed by atoms with Crippen molar-refractivity contribution in [2.45, 2.75) is 30.7 Å². The van der Waals surface area contributed by atoms with Gasteiger partial charge in [-0.1, -0.05) is 23.8 Å². The lowest BCUT2D eigenvalue weighted by atomic mass is 9.89. The number of esters is 1. The van der Waals surface area contributed by atoms with Gasteiger partial charge in [0.2, 0.25) is 0 Å². The molecule has 12 heteroatoms. The summed E-state index contributed by atoms with van der Waals surface area (Å²) in [6, 6.07) is 11.7. The molecular formula is C26H27N5O6S. The van der Waals surface area contributed by atoms with Gasteiger partial charge >= 0.3 is 5.97 Å². The number of nitrogen functional groups attached to an aromatic ring is 2. The molecular weight excluding hydrogens is 510 g/mol. The summed E-state index contributed by atoms with van der Waals surface area (Å²) >= 11 is 0. The number of carbonyl (C=O) groups is 1. The van der Waals surface area contributed by atoms with Gasteiger partial charge < -0.3 is 25.7 Å². The van der Waals surface area contributed by atoms with E-state index in [9.17, 15) is 18.5 Å². The number of methoxy groups -OCH3 is 2. The molecule has 2 unspecified atom stereocenters. The summed E-state index contributed by atoms with van der Waals surface area (Å²) in [6.07, 6.45) is 0. The third-order valence-corrected chi connectivity index (χ3v) is 8.14. The van der Waals surface area contributed by atoms with Crippen LogP contribution in [0, 0.1) is 18.3 Å². The maximum atomic E-state index is 14.2. The SMILES string of the molecule is CCOC(=O)C1c2c(nc(N)c(C#N)c2N)N(S(=O)(=O)c2ccc(C)cc2)C1c1ccc(OC)c(OC)c1. The maximum Gasteiger partial charge on any atom is 0.316 e. The highest BCUT2D eigenvalue weighted by atomic mass is 32.2. The maximum absolute atomic E-state index is 14.2. The number of anilines is 3. The molecule has 0 aliphatic carbocycles. The molecule has 0 fully saturated rings. The highest BCUT2D eigenvalue weighted by molar-refractivity contribution is 7.92. The lowest BCUT2D eigenvalue weighted by Gasteiger charge is -2.29. The summed E-state index contributed by atoms with van der Waals surface area (Å²) in [5.41, 5.74) is 13.4. The zero-order valence-electron chi connectivity index (χ0n) is 21.3. The molecule has 0 spiro atoms. The molecule has 1 aliphatic heterocycles. The van der Waals surface area contributed by atoms with E-state index in [1.165, 1.54) is 26.4 Å². The van der Waals surface area contributed by atoms with Crippen LogP contribution in [-0.2, 0) is 19.6 Å². The first-order valence-electron chi connectivity index (χ1n) is 11.6. The number of ether oxygens (including phenoxy) is 3. The van der Waals surface area contributed by atoms with Crippen molar-refractivity contribution in [2.75, 3.05) is 36.6 Å². The van der Waals surface area contributed by atoms with E-state index < -0.39 is 28.0 Å². The number of pyridine rings is 1. The summed E-state index contributed by atoms with van der Waals surface area (Å²) in [5, 5.41) is 9.67. The normalized spacial score (nSPS) is 16.4. The zero-order chi connectivity index (χ0) is 27.8. The van der Waals surface area contributed by atoms with Gasteiger partial charge in [0, 0.05) is 5.56 Å². The quantitative estimate of drug-likeness (QED) is 0.427. The van der Waals surface area contributed by atoms with Crippen molar-refractivity contribution < 1.29 is 27.4 Å². The standard InChI is InChI=1S/C26H27N5O6S/c1-5-37-26(32)21-20-22(28)17(13-27)24(29)30-25(20)31(38(33,34)16-9-6-14(2)7-10-16)23(21)15-8-11-18(35-3)19(12-15)36-4/h6-12,21,23H,5H2,1-4H3,(H4,28,29,30). The number of carbonyl (C=O) groups excluding carboxylic acids is 1. The molecule has 11 nitrogen and oxygen atoms in total. The van der Waals surface area contributed by atoms with Crippen LogP contribution in [0.25, 0.3) is 0 Å². The van der Waals surface area contributed by atoms with Gasteiger partial charge in [-0.3, -0.25) is 4.79 Å². The van der Waals surface area contributed by atoms with E-state index in [1.54, 1.807) is 37.3 Å². The monoisotopic (exact) mass is 537 g/mol. The Morgan fingerprint density at radius 1 is 1.11 bits per heavy atom. The lowest BCUT2D eigenvalue weighted by molar-refractivity contribution is -0.145. The molecule has 0 saturated heterocycles. The van der Waals surface area contributed by atoms with Crippen LogP contribution in [0.4, 0.5) is 17.3 Å². The molecule has 0 saturated carbocycles. The minimum atomic E-state index is -4.34. The Balaban J connectivity index is 2.09. The van der Waals surface area contributed by atoms with Crippen molar-refractivity contribution in [2.24, 2.45) is 0 Å². The van der Waals surface area contributed by atoms with Crippen LogP contribution in [-0.4, -0.2) is 40.2 Å². The summed E-state index contributed by atoms with van der Waals surface area (Å²) in [4.78, 5) is 17.7. The van der Waals surface area contributed by atoms with E-state index >= 15 is 0 Å². The summed E-state index contributed by atoms with van der Waals surface area (Å²) in [7, 11) is -1.43. The number of benzene rings is 2. The summed E-state index contributed by atoms with van der Waals surface area (Å²) in [5.74, 6) is -1.70. The molecule has 0 bridgehead atoms. The molecule has 2 atom stereocenters. The molecule has 1 aromatic heterocycles. The summed E-state index contributed by atoms with van der Waals surface area (Å²) in [6.45, 7) is 3.49. The van der Waals surface area contributed by atoms with Gasteiger partial charge in [-0.25, -0.2) is 17.7 Å². The molecule has 4 rings (SSSR count). The van der Waals surface area contributed by atoms with E-state index in [1.807, 2.05) is 13.0 Å². The van der Waals surface area contributed by atoms with E-state index in [0.717, 1.165) is 9.87 Å². The molecule has 4 N–H and O–H groups in total. The highest BCUT2D eigenvalue weighted by Crippen LogP contribution is 2.55. The van der Waals surface area contributed by atoms with Crippen molar-refractivity contribution in [3.63, 3.8) is 0 Å². The van der Waals surface area contributed by atoms with Crippen molar-refractivity contribution in [1.82, 2.24) is 4.98 Å². The van der Waals surface area contributed by atoms with E-state index in [2.05, 4.69) is 4.98 Å². The minimum absolute atomic E-state index is 0.0292. The first kappa shape index (κ1) is 26.6. The largest absolute Gasteiger partial charge is 0.493 e. The fraction of sp³-hybridized carbons (Fsp3) is 0.269. The molecule has 38 heavy (non-hydrogen) atoms. The molecule has 2 aromatic carbocycles. The Labute approximate surface area is 220 Å². The third-order valence-electron chi connectivity index (χ3n) is 6.35. The first-order valence-corrected chi connectivity index (χ1v) is 13.0. The van der Waals surface area contributed by atoms with Crippen molar-refractivity contribution in [3.8, 4) is 17.6 Å². The van der Waals surface area contributed by atoms with Gasteiger partial charge in [-0.2, -0.15) is 5.26 Å². The van der Waals surface area contributed by atoms with E-state index in [4.69, 9.17) is 25.7 Å². The lowest BCUT2D eigenvalue weighted by Crippen LogP contribution is -2.35. The molecule has 0 radical (unpaired) electrons. The smallest absolute Gasteiger partial charge is 0.316 e. The number of hydrogen-bond acceptors (Lipinski definition) is 10. The van der Waals surface area contributed by atoms with Crippen molar-refractivity contribution >= 4 is 33.3 Å². The topological polar surface area (TPSA) is 171 Å². The predicted molar refractivity (Wildman–Crippen MR) is 140 cm³/mol. The van der Waals surface area contributed by atoms with Gasteiger partial charge in [0.15, 0.2) is 17.3 Å². The first-order chi connectivity index (χ1) is 18.1. The average molecular weight is 538 g/mol. The average Bonchev–Trinajstić information content (AvgIpc) is 3.25. The van der Waals surface area contributed by atoms with Gasteiger partial charge in [-0.05, 0) is 43.7 Å². The highest BCUT2D eigenvalue weighted by Gasteiger charge is 2.52. The van der Waals surface area contributed by atoms with Crippen LogP contribution < -0.4 is 25.2 Å². The Morgan fingerprint density at radius 3 is 2.34 bits per heavy atom. The Morgan fingerprint density at radius 2 is 1.76 bits per heavy atom. The number of nitrogens with zero attached hydrogens (tertiary/aromatic N) is 3. The Hall–Kier alpha value is -4.50. The van der Waals surface area contributed by atoms with Gasteiger partial charge in [0.05, 0.1) is 37.5 Å². The van der Waals surface area contributed by atoms with Gasteiger partial charge in [0.25, 0.3) is 10.0 Å². The van der Waals surface area contributed by atoms with Crippen LogP contribution in [0.3, 0.4) is 0 Å². The molecule has 2 heterocycles. The van der Waals surface area contributed by atoms with Crippen LogP contribution in [0.15, 0.2) is 47.4 Å². The number of aromatic nitrogens is 1. The third kappa shape index (κ3) is 4.20. The number of rotatable bonds is 7. The van der Waals surface area contributed by atoms with Crippen LogP contribution in [0.2, 0.25) is 0 Å². The van der Waals surface area contributed by atoms with Crippen LogP contribution >= 0.6 is 0 Å². The van der Waals surface area contributed by atoms with E-state index in [-0.39, 0.29) is 40.0 Å². The molecule has 3 aromatic rings. The Bertz CT molecular complexity index is 1550. The number of nitrogens with two attached hydrogens (primary N) is 2. The fourth-order valence-corrected chi connectivity index (χ4v) is 6.19. The number of hydrogen-bond donors (Lipinski definition) is 2. The van der Waals surface area contributed by atoms with Gasteiger partial charge in [-0.15, -0.1) is 0 Å². The number of nitriles is 1. The second-order valence-electron chi connectivity index (χ2n) is 8.54. The number of fused-ring (bicyclic) bond motifs is 1. The van der Waals surface area contributed by atoms with E-state index in [0.29, 0.717) is 17.1 Å². The van der Waals surface area contributed by atoms with Crippen molar-refractivity contribution in [1.29, 1.82) is 5.26 Å². The Kier molecular flexibility index (Phi) is 7.06. The fourth-order valence-electron chi connectivity index (χ4n) is 4.57. The predicted octanol–water partition coefficient (Wildman–Crippen LogP) is 3.04. The number of aryl methyl sites for hydroxylation is 1. The second kappa shape index (κ2) is 10.1. The van der Waals surface area contributed by atoms with Crippen LogP contribution in [0.5, 0.6) is 11.5 Å². The van der Waals surface area contributed by atoms with Crippen LogP contribution in [0.1, 0.15) is 41.1 Å². The van der Waals surface area contributed by atoms with Gasteiger partial charge in [0.1, 0.15) is 23.4 Å². The summed E-state index contributed by atoms with van der Waals surface area (Å²) < 4.78 is 45.6. The minimum Gasteiger partial charge on any atom is -0.493 e.